The SMILES string of the molecule is CC.CC(C)(C)NC(=O)C1(C2CCCCC2)CCN(C(=O)[C@@H](Cc2ccc(F)cc2)NC(=O)C2C[C@@H]3CCC2N(C(=O)OC(C)(C)C)C3)CC1. The zero-order chi connectivity index (χ0) is 36.9. The van der Waals surface area contributed by atoms with Gasteiger partial charge in [0.1, 0.15) is 17.5 Å². The molecule has 6 rings (SSSR count). The van der Waals surface area contributed by atoms with E-state index in [1.54, 1.807) is 21.9 Å². The van der Waals surface area contributed by atoms with Crippen molar-refractivity contribution in [3.05, 3.63) is 35.6 Å². The fraction of sp³-hybridized carbons (Fsp3) is 0.750. The lowest BCUT2D eigenvalue weighted by atomic mass is 9.63. The lowest BCUT2D eigenvalue weighted by Crippen LogP contribution is -2.62. The van der Waals surface area contributed by atoms with Crippen LogP contribution in [0, 0.1) is 29.0 Å². The Morgan fingerprint density at radius 2 is 1.54 bits per heavy atom. The van der Waals surface area contributed by atoms with Crippen molar-refractivity contribution >= 4 is 23.8 Å². The van der Waals surface area contributed by atoms with E-state index in [9.17, 15) is 23.6 Å². The van der Waals surface area contributed by atoms with E-state index < -0.39 is 29.1 Å². The van der Waals surface area contributed by atoms with Gasteiger partial charge in [-0.3, -0.25) is 14.4 Å². The van der Waals surface area contributed by atoms with Gasteiger partial charge in [-0.2, -0.15) is 0 Å². The van der Waals surface area contributed by atoms with Gasteiger partial charge in [0, 0.05) is 37.6 Å². The minimum absolute atomic E-state index is 0.0899. The van der Waals surface area contributed by atoms with Gasteiger partial charge in [0.05, 0.1) is 11.3 Å². The second kappa shape index (κ2) is 16.4. The summed E-state index contributed by atoms with van der Waals surface area (Å²) in [6, 6.07) is 4.88. The molecule has 3 saturated heterocycles. The van der Waals surface area contributed by atoms with Gasteiger partial charge in [-0.15, -0.1) is 0 Å². The van der Waals surface area contributed by atoms with Gasteiger partial charge in [0.2, 0.25) is 17.7 Å². The number of amides is 4. The molecule has 0 radical (unpaired) electrons. The topological polar surface area (TPSA) is 108 Å². The maximum Gasteiger partial charge on any atom is 0.410 e. The first-order chi connectivity index (χ1) is 23.5. The van der Waals surface area contributed by atoms with E-state index >= 15 is 0 Å². The van der Waals surface area contributed by atoms with Crippen molar-refractivity contribution in [2.24, 2.45) is 23.2 Å². The number of benzene rings is 1. The Kier molecular flexibility index (Phi) is 13.0. The summed E-state index contributed by atoms with van der Waals surface area (Å²) in [7, 11) is 0. The first-order valence-electron chi connectivity index (χ1n) is 19.2. The lowest BCUT2D eigenvalue weighted by Gasteiger charge is -2.49. The average molecular weight is 699 g/mol. The molecule has 2 unspecified atom stereocenters. The quantitative estimate of drug-likeness (QED) is 0.318. The molecule has 0 aromatic heterocycles. The lowest BCUT2D eigenvalue weighted by molar-refractivity contribution is -0.148. The van der Waals surface area contributed by atoms with Gasteiger partial charge in [0.15, 0.2) is 0 Å². The van der Waals surface area contributed by atoms with Crippen molar-refractivity contribution in [1.29, 1.82) is 0 Å². The minimum atomic E-state index is -0.857. The summed E-state index contributed by atoms with van der Waals surface area (Å²) in [4.78, 5) is 58.9. The maximum atomic E-state index is 14.3. The summed E-state index contributed by atoms with van der Waals surface area (Å²) < 4.78 is 19.5. The van der Waals surface area contributed by atoms with Crippen LogP contribution in [-0.4, -0.2) is 76.5 Å². The van der Waals surface area contributed by atoms with E-state index in [0.29, 0.717) is 45.3 Å². The monoisotopic (exact) mass is 698 g/mol. The Morgan fingerprint density at radius 1 is 0.920 bits per heavy atom. The number of hydrogen-bond donors (Lipinski definition) is 2. The number of likely N-dealkylation sites (tertiary alicyclic amines) is 1. The number of ether oxygens (including phenoxy) is 1. The van der Waals surface area contributed by atoms with Crippen LogP contribution >= 0.6 is 0 Å². The summed E-state index contributed by atoms with van der Waals surface area (Å²) in [5.74, 6) is -0.673. The van der Waals surface area contributed by atoms with Crippen LogP contribution in [0.25, 0.3) is 0 Å². The Bertz CT molecular complexity index is 1320. The number of piperidine rings is 3. The number of rotatable bonds is 7. The first kappa shape index (κ1) is 39.6. The largest absolute Gasteiger partial charge is 0.444 e. The van der Waals surface area contributed by atoms with Crippen molar-refractivity contribution < 1.29 is 28.3 Å². The number of halogens is 1. The van der Waals surface area contributed by atoms with Gasteiger partial charge >= 0.3 is 6.09 Å². The van der Waals surface area contributed by atoms with Crippen molar-refractivity contribution in [1.82, 2.24) is 20.4 Å². The molecule has 3 aliphatic heterocycles. The zero-order valence-corrected chi connectivity index (χ0v) is 31.9. The maximum absolute atomic E-state index is 14.3. The molecule has 2 aliphatic carbocycles. The molecule has 5 aliphatic rings. The third-order valence-corrected chi connectivity index (χ3v) is 11.0. The van der Waals surface area contributed by atoms with Crippen molar-refractivity contribution in [2.75, 3.05) is 19.6 Å². The van der Waals surface area contributed by atoms with Crippen molar-refractivity contribution in [3.8, 4) is 0 Å². The highest BCUT2D eigenvalue weighted by atomic mass is 19.1. The van der Waals surface area contributed by atoms with Crippen LogP contribution < -0.4 is 10.6 Å². The van der Waals surface area contributed by atoms with E-state index in [1.165, 1.54) is 18.6 Å². The van der Waals surface area contributed by atoms with Crippen LogP contribution in [0.1, 0.15) is 125 Å². The molecule has 5 fully saturated rings. The molecule has 2 saturated carbocycles. The molecule has 9 nitrogen and oxygen atoms in total. The highest BCUT2D eigenvalue weighted by molar-refractivity contribution is 5.90. The standard InChI is InChI=1S/C38H57FN4O5.C2H6/c1-36(2,3)41-34(46)38(27-10-8-7-9-11-27)18-20-42(21-19-38)33(45)30(23-25-12-15-28(39)16-13-25)40-32(44)29-22-26-14-17-31(29)43(24-26)35(47)48-37(4,5)6;1-2/h12-13,15-16,26-27,29-31H,7-11,14,17-24H2,1-6H3,(H,40,44)(H,41,46);1-2H3/t26-,29?,30+,31?;/m0./s1. The van der Waals surface area contributed by atoms with Gasteiger partial charge in [-0.1, -0.05) is 45.2 Å². The highest BCUT2D eigenvalue weighted by Crippen LogP contribution is 2.47. The first-order valence-corrected chi connectivity index (χ1v) is 19.2. The van der Waals surface area contributed by atoms with E-state index in [1.807, 2.05) is 55.4 Å². The summed E-state index contributed by atoms with van der Waals surface area (Å²) in [5, 5.41) is 6.36. The summed E-state index contributed by atoms with van der Waals surface area (Å²) >= 11 is 0. The van der Waals surface area contributed by atoms with Crippen molar-refractivity contribution in [3.63, 3.8) is 0 Å². The Balaban J connectivity index is 0.00000276. The Morgan fingerprint density at radius 3 is 2.10 bits per heavy atom. The predicted molar refractivity (Wildman–Crippen MR) is 194 cm³/mol. The van der Waals surface area contributed by atoms with Crippen LogP contribution in [0.2, 0.25) is 0 Å². The fourth-order valence-electron chi connectivity index (χ4n) is 8.63. The number of carbonyl (C=O) groups is 4. The third-order valence-electron chi connectivity index (χ3n) is 11.0. The smallest absolute Gasteiger partial charge is 0.410 e. The molecule has 0 spiro atoms. The van der Waals surface area contributed by atoms with Crippen molar-refractivity contribution in [2.45, 2.75) is 149 Å². The number of carbonyl (C=O) groups excluding carboxylic acids is 4. The molecule has 50 heavy (non-hydrogen) atoms. The Labute approximate surface area is 299 Å². The molecule has 1 aromatic carbocycles. The van der Waals surface area contributed by atoms with E-state index in [4.69, 9.17) is 4.74 Å². The van der Waals surface area contributed by atoms with E-state index in [0.717, 1.165) is 37.7 Å². The molecule has 4 amide bonds. The van der Waals surface area contributed by atoms with Crippen LogP contribution in [0.3, 0.4) is 0 Å². The average Bonchev–Trinajstić information content (AvgIpc) is 3.08. The third kappa shape index (κ3) is 9.78. The zero-order valence-electron chi connectivity index (χ0n) is 31.9. The number of fused-ring (bicyclic) bond motifs is 3. The number of nitrogens with one attached hydrogen (secondary N) is 2. The summed E-state index contributed by atoms with van der Waals surface area (Å²) in [5.41, 5.74) is -0.775. The highest BCUT2D eigenvalue weighted by Gasteiger charge is 2.50. The molecule has 280 valence electrons. The summed E-state index contributed by atoms with van der Waals surface area (Å²) in [6.07, 6.45) is 8.79. The molecule has 4 atom stereocenters. The van der Waals surface area contributed by atoms with Crippen LogP contribution in [-0.2, 0) is 25.5 Å². The molecule has 3 heterocycles. The second-order valence-corrected chi connectivity index (χ2v) is 16.9. The van der Waals surface area contributed by atoms with Gasteiger partial charge in [0.25, 0.3) is 0 Å². The van der Waals surface area contributed by atoms with Gasteiger partial charge in [-0.05, 0) is 116 Å². The van der Waals surface area contributed by atoms with Crippen LogP contribution in [0.5, 0.6) is 0 Å². The molecule has 2 bridgehead atoms. The summed E-state index contributed by atoms with van der Waals surface area (Å²) in [6.45, 7) is 17.0. The van der Waals surface area contributed by atoms with Gasteiger partial charge < -0.3 is 25.2 Å². The van der Waals surface area contributed by atoms with Crippen LogP contribution in [0.4, 0.5) is 9.18 Å². The van der Waals surface area contributed by atoms with E-state index in [-0.39, 0.29) is 53.4 Å². The normalized spacial score (nSPS) is 24.4. The molecular weight excluding hydrogens is 635 g/mol. The van der Waals surface area contributed by atoms with E-state index in [2.05, 4.69) is 10.6 Å². The minimum Gasteiger partial charge on any atom is -0.444 e. The second-order valence-electron chi connectivity index (χ2n) is 16.9. The molecule has 1 aromatic rings. The fourth-order valence-corrected chi connectivity index (χ4v) is 8.63. The van der Waals surface area contributed by atoms with Gasteiger partial charge in [-0.25, -0.2) is 9.18 Å². The Hall–Kier alpha value is -3.17. The molecule has 2 N–H and O–H groups in total. The number of nitrogens with zero attached hydrogens (tertiary/aromatic N) is 2. The predicted octanol–water partition coefficient (Wildman–Crippen LogP) is 7.02. The molecule has 10 heteroatoms. The van der Waals surface area contributed by atoms with Crippen LogP contribution in [0.15, 0.2) is 24.3 Å². The molecular formula is C40H63FN4O5. The number of hydrogen-bond acceptors (Lipinski definition) is 5.